The maximum atomic E-state index is 13.2. The molecule has 0 aliphatic rings. The van der Waals surface area contributed by atoms with E-state index in [9.17, 15) is 13.0 Å². The third kappa shape index (κ3) is 3.98. The Morgan fingerprint density at radius 2 is 2.12 bits per heavy atom. The Kier molecular flexibility index (Phi) is 5.02. The van der Waals surface area contributed by atoms with Crippen LogP contribution < -0.4 is 5.73 Å². The minimum absolute atomic E-state index is 0.0112. The summed E-state index contributed by atoms with van der Waals surface area (Å²) < 4.78 is 37.6. The molecular weight excluding hydrogens is 232 g/mol. The fourth-order valence-corrected chi connectivity index (χ4v) is 2.64. The molecule has 2 atom stereocenters. The molecule has 5 heteroatoms. The molecule has 0 fully saturated rings. The second-order valence-corrected chi connectivity index (χ2v) is 5.16. The van der Waals surface area contributed by atoms with Gasteiger partial charge < -0.3 is 5.73 Å². The van der Waals surface area contributed by atoms with Crippen molar-refractivity contribution in [3.63, 3.8) is 0 Å². The van der Waals surface area contributed by atoms with Crippen LogP contribution in [0, 0.1) is 11.6 Å². The predicted molar refractivity (Wildman–Crippen MR) is 61.3 cm³/mol. The summed E-state index contributed by atoms with van der Waals surface area (Å²) >= 11 is 0. The molecule has 0 saturated carbocycles. The zero-order chi connectivity index (χ0) is 12.1. The molecule has 0 bridgehead atoms. The summed E-state index contributed by atoms with van der Waals surface area (Å²) in [5.41, 5.74) is 5.78. The van der Waals surface area contributed by atoms with Crippen molar-refractivity contribution in [3.8, 4) is 0 Å². The molecule has 0 spiro atoms. The molecular formula is C11H15F2NOS. The zero-order valence-electron chi connectivity index (χ0n) is 9.08. The lowest BCUT2D eigenvalue weighted by atomic mass is 10.2. The number of benzene rings is 1. The molecule has 2 nitrogen and oxygen atoms in total. The van der Waals surface area contributed by atoms with Crippen LogP contribution in [0.15, 0.2) is 18.2 Å². The average molecular weight is 247 g/mol. The summed E-state index contributed by atoms with van der Waals surface area (Å²) in [5.74, 6) is -0.725. The van der Waals surface area contributed by atoms with E-state index < -0.39 is 22.4 Å². The van der Waals surface area contributed by atoms with Gasteiger partial charge in [-0.3, -0.25) is 4.21 Å². The van der Waals surface area contributed by atoms with Crippen LogP contribution in [0.4, 0.5) is 8.78 Å². The molecule has 0 heterocycles. The average Bonchev–Trinajstić information content (AvgIpc) is 2.23. The van der Waals surface area contributed by atoms with E-state index in [-0.39, 0.29) is 17.4 Å². The number of hydrogen-bond acceptors (Lipinski definition) is 2. The second kappa shape index (κ2) is 6.06. The SMILES string of the molecule is CCC(N)CS(=O)Cc1cc(F)ccc1F. The van der Waals surface area contributed by atoms with Crippen LogP contribution in [0.25, 0.3) is 0 Å². The van der Waals surface area contributed by atoms with Crippen molar-refractivity contribution in [1.82, 2.24) is 0 Å². The van der Waals surface area contributed by atoms with Crippen LogP contribution in [-0.2, 0) is 16.6 Å². The van der Waals surface area contributed by atoms with Gasteiger partial charge in [-0.1, -0.05) is 6.92 Å². The van der Waals surface area contributed by atoms with Crippen molar-refractivity contribution in [2.24, 2.45) is 5.73 Å². The first kappa shape index (κ1) is 13.3. The minimum atomic E-state index is -1.25. The van der Waals surface area contributed by atoms with Crippen LogP contribution in [0.3, 0.4) is 0 Å². The van der Waals surface area contributed by atoms with E-state index in [0.717, 1.165) is 24.6 Å². The molecule has 1 rings (SSSR count). The van der Waals surface area contributed by atoms with Crippen molar-refractivity contribution in [1.29, 1.82) is 0 Å². The highest BCUT2D eigenvalue weighted by atomic mass is 32.2. The molecule has 0 aliphatic carbocycles. The Hall–Kier alpha value is -0.810. The molecule has 0 aromatic heterocycles. The van der Waals surface area contributed by atoms with Crippen molar-refractivity contribution in [2.75, 3.05) is 5.75 Å². The Morgan fingerprint density at radius 1 is 1.44 bits per heavy atom. The summed E-state index contributed by atoms with van der Waals surface area (Å²) in [5, 5.41) is 0. The predicted octanol–water partition coefficient (Wildman–Crippen LogP) is 1.95. The van der Waals surface area contributed by atoms with Gasteiger partial charge in [-0.15, -0.1) is 0 Å². The van der Waals surface area contributed by atoms with Gasteiger partial charge in [0.15, 0.2) is 0 Å². The quantitative estimate of drug-likeness (QED) is 0.864. The van der Waals surface area contributed by atoms with Gasteiger partial charge in [-0.25, -0.2) is 8.78 Å². The maximum Gasteiger partial charge on any atom is 0.127 e. The number of halogens is 2. The first-order valence-electron chi connectivity index (χ1n) is 5.07. The summed E-state index contributed by atoms with van der Waals surface area (Å²) in [6.07, 6.45) is 0.720. The number of nitrogens with two attached hydrogens (primary N) is 1. The highest BCUT2D eigenvalue weighted by Gasteiger charge is 2.10. The normalized spacial score (nSPS) is 14.8. The molecule has 0 amide bonds. The van der Waals surface area contributed by atoms with Gasteiger partial charge in [0.25, 0.3) is 0 Å². The molecule has 2 unspecified atom stereocenters. The van der Waals surface area contributed by atoms with Gasteiger partial charge in [-0.05, 0) is 24.6 Å². The monoisotopic (exact) mass is 247 g/mol. The van der Waals surface area contributed by atoms with Gasteiger partial charge in [0, 0.05) is 28.2 Å². The van der Waals surface area contributed by atoms with Crippen molar-refractivity contribution in [2.45, 2.75) is 25.1 Å². The molecule has 2 N–H and O–H groups in total. The van der Waals surface area contributed by atoms with E-state index in [2.05, 4.69) is 0 Å². The van der Waals surface area contributed by atoms with Crippen molar-refractivity contribution >= 4 is 10.8 Å². The smallest absolute Gasteiger partial charge is 0.127 e. The molecule has 16 heavy (non-hydrogen) atoms. The number of rotatable bonds is 5. The summed E-state index contributed by atoms with van der Waals surface area (Å²) in [7, 11) is -1.25. The van der Waals surface area contributed by atoms with Crippen LogP contribution in [0.2, 0.25) is 0 Å². The lowest BCUT2D eigenvalue weighted by Crippen LogP contribution is -2.26. The molecule has 0 radical (unpaired) electrons. The van der Waals surface area contributed by atoms with E-state index in [1.807, 2.05) is 6.92 Å². The van der Waals surface area contributed by atoms with Crippen LogP contribution in [0.1, 0.15) is 18.9 Å². The molecule has 1 aromatic carbocycles. The Morgan fingerprint density at radius 3 is 2.75 bits per heavy atom. The fraction of sp³-hybridized carbons (Fsp3) is 0.455. The Balaban J connectivity index is 2.65. The van der Waals surface area contributed by atoms with E-state index in [0.29, 0.717) is 5.75 Å². The van der Waals surface area contributed by atoms with Gasteiger partial charge in [-0.2, -0.15) is 0 Å². The molecule has 1 aromatic rings. The van der Waals surface area contributed by atoms with Crippen LogP contribution in [0.5, 0.6) is 0 Å². The van der Waals surface area contributed by atoms with Gasteiger partial charge in [0.05, 0.1) is 5.75 Å². The summed E-state index contributed by atoms with van der Waals surface area (Å²) in [6.45, 7) is 1.89. The Labute approximate surface area is 96.3 Å². The topological polar surface area (TPSA) is 43.1 Å². The Bertz CT molecular complexity index is 384. The highest BCUT2D eigenvalue weighted by molar-refractivity contribution is 7.84. The van der Waals surface area contributed by atoms with E-state index >= 15 is 0 Å². The molecule has 0 saturated heterocycles. The third-order valence-corrected chi connectivity index (χ3v) is 3.68. The van der Waals surface area contributed by atoms with E-state index in [1.165, 1.54) is 0 Å². The van der Waals surface area contributed by atoms with E-state index in [1.54, 1.807) is 0 Å². The maximum absolute atomic E-state index is 13.2. The zero-order valence-corrected chi connectivity index (χ0v) is 9.90. The second-order valence-electron chi connectivity index (χ2n) is 3.65. The largest absolute Gasteiger partial charge is 0.327 e. The van der Waals surface area contributed by atoms with Crippen LogP contribution in [-0.4, -0.2) is 16.0 Å². The first-order valence-corrected chi connectivity index (χ1v) is 6.56. The lowest BCUT2D eigenvalue weighted by molar-refractivity contribution is 0.590. The number of hydrogen-bond donors (Lipinski definition) is 1. The van der Waals surface area contributed by atoms with E-state index in [4.69, 9.17) is 5.73 Å². The van der Waals surface area contributed by atoms with Crippen molar-refractivity contribution in [3.05, 3.63) is 35.4 Å². The summed E-state index contributed by atoms with van der Waals surface area (Å²) in [4.78, 5) is 0. The minimum Gasteiger partial charge on any atom is -0.327 e. The van der Waals surface area contributed by atoms with Gasteiger partial charge in [0.1, 0.15) is 11.6 Å². The van der Waals surface area contributed by atoms with Gasteiger partial charge >= 0.3 is 0 Å². The third-order valence-electron chi connectivity index (χ3n) is 2.25. The summed E-state index contributed by atoms with van der Waals surface area (Å²) in [6, 6.07) is 3.00. The lowest BCUT2D eigenvalue weighted by Gasteiger charge is -2.08. The standard InChI is InChI=1S/C11H15F2NOS/c1-2-10(14)7-16(15)6-8-5-9(12)3-4-11(8)13/h3-5,10H,2,6-7,14H2,1H3. The fourth-order valence-electron chi connectivity index (χ4n) is 1.24. The molecule has 90 valence electrons. The van der Waals surface area contributed by atoms with Gasteiger partial charge in [0.2, 0.25) is 0 Å². The van der Waals surface area contributed by atoms with Crippen LogP contribution >= 0.6 is 0 Å². The molecule has 0 aliphatic heterocycles. The first-order chi connectivity index (χ1) is 7.52. The van der Waals surface area contributed by atoms with Crippen molar-refractivity contribution < 1.29 is 13.0 Å². The highest BCUT2D eigenvalue weighted by Crippen LogP contribution is 2.12.